The van der Waals surface area contributed by atoms with Crippen LogP contribution in [-0.4, -0.2) is 17.7 Å². The maximum atomic E-state index is 13.0. The molecule has 100 valence electrons. The Morgan fingerprint density at radius 3 is 2.83 bits per heavy atom. The van der Waals surface area contributed by atoms with Crippen LogP contribution >= 0.6 is 0 Å². The fourth-order valence-electron chi connectivity index (χ4n) is 2.26. The molecule has 1 aromatic carbocycles. The summed E-state index contributed by atoms with van der Waals surface area (Å²) in [5, 5.41) is 13.4. The van der Waals surface area contributed by atoms with Crippen molar-refractivity contribution >= 4 is 0 Å². The smallest absolute Gasteiger partial charge is 0.123 e. The maximum Gasteiger partial charge on any atom is 0.123 e. The topological polar surface area (TPSA) is 32.3 Å². The normalized spacial score (nSPS) is 18.6. The van der Waals surface area contributed by atoms with E-state index in [0.717, 1.165) is 12.3 Å². The Kier molecular flexibility index (Phi) is 4.72. The van der Waals surface area contributed by atoms with Crippen LogP contribution in [0.25, 0.3) is 0 Å². The highest BCUT2D eigenvalue weighted by atomic mass is 19.1. The van der Waals surface area contributed by atoms with Crippen molar-refractivity contribution in [2.24, 2.45) is 5.92 Å². The predicted octanol–water partition coefficient (Wildman–Crippen LogP) is 3.03. The van der Waals surface area contributed by atoms with Gasteiger partial charge in [-0.1, -0.05) is 31.9 Å². The lowest BCUT2D eigenvalue weighted by Crippen LogP contribution is -2.32. The van der Waals surface area contributed by atoms with Gasteiger partial charge in [-0.3, -0.25) is 0 Å². The molecule has 0 spiro atoms. The van der Waals surface area contributed by atoms with E-state index in [4.69, 9.17) is 0 Å². The van der Waals surface area contributed by atoms with Crippen LogP contribution < -0.4 is 5.32 Å². The van der Waals surface area contributed by atoms with E-state index in [-0.39, 0.29) is 5.82 Å². The minimum atomic E-state index is -0.631. The van der Waals surface area contributed by atoms with Crippen molar-refractivity contribution in [1.82, 2.24) is 5.32 Å². The lowest BCUT2D eigenvalue weighted by molar-refractivity contribution is 0.167. The van der Waals surface area contributed by atoms with Crippen molar-refractivity contribution in [2.45, 2.75) is 44.8 Å². The Morgan fingerprint density at radius 2 is 2.22 bits per heavy atom. The third-order valence-electron chi connectivity index (χ3n) is 3.64. The van der Waals surface area contributed by atoms with Crippen molar-refractivity contribution in [3.63, 3.8) is 0 Å². The third kappa shape index (κ3) is 4.07. The molecule has 2 rings (SSSR count). The van der Waals surface area contributed by atoms with Gasteiger partial charge in [-0.15, -0.1) is 0 Å². The van der Waals surface area contributed by atoms with Crippen LogP contribution in [0.5, 0.6) is 0 Å². The molecular formula is C15H22FNO. The summed E-state index contributed by atoms with van der Waals surface area (Å²) in [4.78, 5) is 0. The lowest BCUT2D eigenvalue weighted by Gasteiger charge is -2.19. The molecule has 1 aliphatic rings. The van der Waals surface area contributed by atoms with Crippen molar-refractivity contribution in [3.05, 3.63) is 35.6 Å². The molecule has 0 aromatic heterocycles. The number of hydrogen-bond acceptors (Lipinski definition) is 2. The molecule has 0 heterocycles. The summed E-state index contributed by atoms with van der Waals surface area (Å²) in [5.41, 5.74) is 0.642. The van der Waals surface area contributed by atoms with E-state index in [9.17, 15) is 9.50 Å². The molecule has 2 unspecified atom stereocenters. The molecule has 1 saturated carbocycles. The average Bonchev–Trinajstić information content (AvgIpc) is 3.18. The maximum absolute atomic E-state index is 13.0. The minimum Gasteiger partial charge on any atom is -0.387 e. The van der Waals surface area contributed by atoms with E-state index >= 15 is 0 Å². The zero-order valence-corrected chi connectivity index (χ0v) is 10.9. The number of nitrogens with one attached hydrogen (secondary N) is 1. The first-order valence-corrected chi connectivity index (χ1v) is 6.86. The molecule has 0 bridgehead atoms. The van der Waals surface area contributed by atoms with Crippen LogP contribution in [0, 0.1) is 11.7 Å². The zero-order chi connectivity index (χ0) is 13.0. The largest absolute Gasteiger partial charge is 0.387 e. The third-order valence-corrected chi connectivity index (χ3v) is 3.64. The van der Waals surface area contributed by atoms with Gasteiger partial charge in [-0.2, -0.15) is 0 Å². The van der Waals surface area contributed by atoms with Crippen molar-refractivity contribution in [1.29, 1.82) is 0 Å². The van der Waals surface area contributed by atoms with E-state index in [1.54, 1.807) is 12.1 Å². The number of aliphatic hydroxyl groups is 1. The Labute approximate surface area is 108 Å². The second-order valence-corrected chi connectivity index (χ2v) is 5.26. The monoisotopic (exact) mass is 251 g/mol. The quantitative estimate of drug-likeness (QED) is 0.780. The highest BCUT2D eigenvalue weighted by Gasteiger charge is 2.24. The molecule has 3 heteroatoms. The van der Waals surface area contributed by atoms with Gasteiger partial charge >= 0.3 is 0 Å². The van der Waals surface area contributed by atoms with Crippen LogP contribution in [0.15, 0.2) is 24.3 Å². The van der Waals surface area contributed by atoms with Gasteiger partial charge < -0.3 is 10.4 Å². The van der Waals surface area contributed by atoms with Crippen molar-refractivity contribution in [3.8, 4) is 0 Å². The Hall–Kier alpha value is -0.930. The summed E-state index contributed by atoms with van der Waals surface area (Å²) in [6.45, 7) is 2.66. The van der Waals surface area contributed by atoms with Crippen LogP contribution in [0.3, 0.4) is 0 Å². The number of rotatable bonds is 7. The van der Waals surface area contributed by atoms with Gasteiger partial charge in [0.05, 0.1) is 6.10 Å². The fourth-order valence-corrected chi connectivity index (χ4v) is 2.26. The Morgan fingerprint density at radius 1 is 1.44 bits per heavy atom. The van der Waals surface area contributed by atoms with Gasteiger partial charge in [0.15, 0.2) is 0 Å². The second-order valence-electron chi connectivity index (χ2n) is 5.26. The highest BCUT2D eigenvalue weighted by Crippen LogP contribution is 2.34. The molecule has 0 amide bonds. The summed E-state index contributed by atoms with van der Waals surface area (Å²) in [5.74, 6) is 0.588. The summed E-state index contributed by atoms with van der Waals surface area (Å²) >= 11 is 0. The van der Waals surface area contributed by atoms with E-state index in [1.165, 1.54) is 31.4 Å². The predicted molar refractivity (Wildman–Crippen MR) is 70.8 cm³/mol. The lowest BCUT2D eigenvalue weighted by atomic mass is 10.1. The van der Waals surface area contributed by atoms with Gasteiger partial charge in [0.1, 0.15) is 5.82 Å². The first-order chi connectivity index (χ1) is 8.69. The molecule has 1 aliphatic carbocycles. The summed E-state index contributed by atoms with van der Waals surface area (Å²) < 4.78 is 13.0. The van der Waals surface area contributed by atoms with Gasteiger partial charge in [-0.25, -0.2) is 4.39 Å². The fraction of sp³-hybridized carbons (Fsp3) is 0.600. The second kappa shape index (κ2) is 6.30. The van der Waals surface area contributed by atoms with Crippen LogP contribution in [-0.2, 0) is 0 Å². The first kappa shape index (κ1) is 13.5. The molecule has 2 N–H and O–H groups in total. The van der Waals surface area contributed by atoms with E-state index < -0.39 is 6.10 Å². The minimum absolute atomic E-state index is 0.295. The SMILES string of the molecule is CCC(CC1CC1)NCC(O)c1cccc(F)c1. The molecular weight excluding hydrogens is 229 g/mol. The molecule has 1 fully saturated rings. The van der Waals surface area contributed by atoms with Crippen molar-refractivity contribution < 1.29 is 9.50 Å². The molecule has 2 nitrogen and oxygen atoms in total. The van der Waals surface area contributed by atoms with E-state index in [2.05, 4.69) is 12.2 Å². The molecule has 0 saturated heterocycles. The van der Waals surface area contributed by atoms with Gasteiger partial charge in [0, 0.05) is 12.6 Å². The highest BCUT2D eigenvalue weighted by molar-refractivity contribution is 5.18. The summed E-state index contributed by atoms with van der Waals surface area (Å²) in [7, 11) is 0. The molecule has 0 aliphatic heterocycles. The molecule has 18 heavy (non-hydrogen) atoms. The standard InChI is InChI=1S/C15H22FNO/c1-2-14(8-11-6-7-11)17-10-15(18)12-4-3-5-13(16)9-12/h3-5,9,11,14-15,17-18H,2,6-8,10H2,1H3. The van der Waals surface area contributed by atoms with Crippen LogP contribution in [0.2, 0.25) is 0 Å². The van der Waals surface area contributed by atoms with Crippen LogP contribution in [0.1, 0.15) is 44.3 Å². The zero-order valence-electron chi connectivity index (χ0n) is 10.9. The Bertz CT molecular complexity index is 379. The van der Waals surface area contributed by atoms with Crippen LogP contribution in [0.4, 0.5) is 4.39 Å². The van der Waals surface area contributed by atoms with E-state index in [1.807, 2.05) is 0 Å². The number of hydrogen-bond donors (Lipinski definition) is 2. The van der Waals surface area contributed by atoms with E-state index in [0.29, 0.717) is 18.2 Å². The molecule has 0 radical (unpaired) electrons. The number of halogens is 1. The summed E-state index contributed by atoms with van der Waals surface area (Å²) in [6, 6.07) is 6.66. The number of benzene rings is 1. The Balaban J connectivity index is 1.80. The molecule has 2 atom stereocenters. The van der Waals surface area contributed by atoms with Gasteiger partial charge in [-0.05, 0) is 36.5 Å². The molecule has 1 aromatic rings. The van der Waals surface area contributed by atoms with Crippen molar-refractivity contribution in [2.75, 3.05) is 6.54 Å². The summed E-state index contributed by atoms with van der Waals surface area (Å²) in [6.07, 6.45) is 4.35. The number of aliphatic hydroxyl groups excluding tert-OH is 1. The first-order valence-electron chi connectivity index (χ1n) is 6.86. The van der Waals surface area contributed by atoms with Gasteiger partial charge in [0.25, 0.3) is 0 Å². The average molecular weight is 251 g/mol. The van der Waals surface area contributed by atoms with Gasteiger partial charge in [0.2, 0.25) is 0 Å².